The summed E-state index contributed by atoms with van der Waals surface area (Å²) >= 11 is 0. The highest BCUT2D eigenvalue weighted by atomic mass is 127. The van der Waals surface area contributed by atoms with Crippen LogP contribution < -0.4 is 10.6 Å². The molecule has 2 aliphatic rings. The number of hydrogen-bond donors (Lipinski definition) is 2. The van der Waals surface area contributed by atoms with Crippen molar-refractivity contribution >= 4 is 35.8 Å². The number of halogens is 1. The number of carbonyl (C=O) groups excluding carboxylic acids is 1. The van der Waals surface area contributed by atoms with Gasteiger partial charge in [0.15, 0.2) is 5.96 Å². The van der Waals surface area contributed by atoms with Gasteiger partial charge in [0.2, 0.25) is 5.91 Å². The number of nitrogens with zero attached hydrogens (tertiary/aromatic N) is 3. The molecule has 0 spiro atoms. The van der Waals surface area contributed by atoms with Gasteiger partial charge in [-0.3, -0.25) is 4.79 Å². The van der Waals surface area contributed by atoms with E-state index in [0.717, 1.165) is 64.4 Å². The van der Waals surface area contributed by atoms with E-state index in [1.54, 1.807) is 0 Å². The zero-order valence-corrected chi connectivity index (χ0v) is 17.6. The van der Waals surface area contributed by atoms with E-state index >= 15 is 0 Å². The summed E-state index contributed by atoms with van der Waals surface area (Å²) in [6, 6.07) is 0.461. The third-order valence-electron chi connectivity index (χ3n) is 4.64. The molecule has 140 valence electrons. The number of guanidine groups is 1. The van der Waals surface area contributed by atoms with Gasteiger partial charge in [-0.1, -0.05) is 6.92 Å². The van der Waals surface area contributed by atoms with Crippen molar-refractivity contribution in [2.45, 2.75) is 52.0 Å². The minimum absolute atomic E-state index is 0. The molecule has 1 amide bonds. The molecule has 0 unspecified atom stereocenters. The lowest BCUT2D eigenvalue weighted by Crippen LogP contribution is -2.49. The van der Waals surface area contributed by atoms with Gasteiger partial charge in [-0.25, -0.2) is 4.99 Å². The van der Waals surface area contributed by atoms with Crippen molar-refractivity contribution in [3.8, 4) is 0 Å². The highest BCUT2D eigenvalue weighted by Crippen LogP contribution is 2.10. The maximum atomic E-state index is 12.1. The Morgan fingerprint density at radius 3 is 2.38 bits per heavy atom. The third kappa shape index (κ3) is 7.13. The van der Waals surface area contributed by atoms with E-state index in [-0.39, 0.29) is 36.4 Å². The molecule has 2 fully saturated rings. The van der Waals surface area contributed by atoms with Gasteiger partial charge in [0.05, 0.1) is 0 Å². The van der Waals surface area contributed by atoms with Gasteiger partial charge in [0.1, 0.15) is 6.54 Å². The fourth-order valence-corrected chi connectivity index (χ4v) is 3.34. The summed E-state index contributed by atoms with van der Waals surface area (Å²) in [6.07, 6.45) is 5.77. The molecule has 0 radical (unpaired) electrons. The molecule has 7 heteroatoms. The lowest BCUT2D eigenvalue weighted by Gasteiger charge is -2.32. The Bertz CT molecular complexity index is 390. The zero-order valence-electron chi connectivity index (χ0n) is 15.2. The number of carbonyl (C=O) groups is 1. The molecule has 0 atom stereocenters. The molecular formula is C17H34IN5O. The number of nitrogens with one attached hydrogen (secondary N) is 2. The third-order valence-corrected chi connectivity index (χ3v) is 4.64. The maximum Gasteiger partial charge on any atom is 0.244 e. The second-order valence-electron chi connectivity index (χ2n) is 6.54. The Kier molecular flexibility index (Phi) is 10.6. The maximum absolute atomic E-state index is 12.1. The quantitative estimate of drug-likeness (QED) is 0.367. The van der Waals surface area contributed by atoms with Crippen LogP contribution in [0, 0.1) is 0 Å². The van der Waals surface area contributed by atoms with Crippen molar-refractivity contribution < 1.29 is 4.79 Å². The summed E-state index contributed by atoms with van der Waals surface area (Å²) in [5, 5.41) is 6.77. The number of piperidine rings is 1. The number of aliphatic imine (C=N–C) groups is 1. The Morgan fingerprint density at radius 1 is 1.12 bits per heavy atom. The number of amides is 1. The van der Waals surface area contributed by atoms with Crippen LogP contribution in [0.4, 0.5) is 0 Å². The van der Waals surface area contributed by atoms with Gasteiger partial charge in [-0.2, -0.15) is 0 Å². The lowest BCUT2D eigenvalue weighted by atomic mass is 10.1. The van der Waals surface area contributed by atoms with Gasteiger partial charge in [-0.15, -0.1) is 24.0 Å². The molecule has 2 rings (SSSR count). The average Bonchev–Trinajstić information content (AvgIpc) is 3.09. The van der Waals surface area contributed by atoms with Crippen molar-refractivity contribution in [3.63, 3.8) is 0 Å². The van der Waals surface area contributed by atoms with Crippen LogP contribution >= 0.6 is 24.0 Å². The van der Waals surface area contributed by atoms with Gasteiger partial charge in [0.25, 0.3) is 0 Å². The van der Waals surface area contributed by atoms with Crippen LogP contribution in [0.15, 0.2) is 4.99 Å². The van der Waals surface area contributed by atoms with Gasteiger partial charge in [0, 0.05) is 38.8 Å². The summed E-state index contributed by atoms with van der Waals surface area (Å²) in [5.74, 6) is 0.937. The molecule has 0 saturated carbocycles. The van der Waals surface area contributed by atoms with E-state index in [9.17, 15) is 4.79 Å². The molecule has 2 aliphatic heterocycles. The Morgan fingerprint density at radius 2 is 1.79 bits per heavy atom. The van der Waals surface area contributed by atoms with Crippen LogP contribution in [-0.2, 0) is 4.79 Å². The monoisotopic (exact) mass is 451 g/mol. The molecule has 24 heavy (non-hydrogen) atoms. The highest BCUT2D eigenvalue weighted by molar-refractivity contribution is 14.0. The van der Waals surface area contributed by atoms with Crippen molar-refractivity contribution in [2.75, 3.05) is 45.8 Å². The first kappa shape index (κ1) is 21.5. The topological polar surface area (TPSA) is 60.0 Å². The molecular weight excluding hydrogens is 417 g/mol. The van der Waals surface area contributed by atoms with Crippen molar-refractivity contribution in [2.24, 2.45) is 4.99 Å². The molecule has 0 aliphatic carbocycles. The normalized spacial score (nSPS) is 19.9. The first-order chi connectivity index (χ1) is 11.2. The predicted octanol–water partition coefficient (Wildman–Crippen LogP) is 1.66. The first-order valence-electron chi connectivity index (χ1n) is 9.28. The standard InChI is InChI=1S/C17H33N5O.HI/c1-3-9-21-12-7-15(8-13-21)20-17(18-4-2)19-14-16(23)22-10-5-6-11-22;/h15H,3-14H2,1-2H3,(H2,18,19,20);1H. The Hall–Kier alpha value is -0.570. The van der Waals surface area contributed by atoms with Crippen LogP contribution in [0.1, 0.15) is 46.0 Å². The van der Waals surface area contributed by atoms with Crippen LogP contribution in [0.3, 0.4) is 0 Å². The van der Waals surface area contributed by atoms with E-state index in [4.69, 9.17) is 0 Å². The van der Waals surface area contributed by atoms with Gasteiger partial charge >= 0.3 is 0 Å². The first-order valence-corrected chi connectivity index (χ1v) is 9.28. The Balaban J connectivity index is 0.00000288. The SMILES string of the molecule is CCCN1CCC(NC(=NCC(=O)N2CCCC2)NCC)CC1.I. The summed E-state index contributed by atoms with van der Waals surface area (Å²) < 4.78 is 0. The fraction of sp³-hybridized carbons (Fsp3) is 0.882. The molecule has 2 saturated heterocycles. The zero-order chi connectivity index (χ0) is 16.5. The number of hydrogen-bond acceptors (Lipinski definition) is 3. The fourth-order valence-electron chi connectivity index (χ4n) is 3.34. The van der Waals surface area contributed by atoms with Crippen molar-refractivity contribution in [1.82, 2.24) is 20.4 Å². The lowest BCUT2D eigenvalue weighted by molar-refractivity contribution is -0.128. The van der Waals surface area contributed by atoms with Crippen LogP contribution in [0.5, 0.6) is 0 Å². The Labute approximate surface area is 163 Å². The van der Waals surface area contributed by atoms with Crippen LogP contribution in [0.2, 0.25) is 0 Å². The molecule has 0 aromatic rings. The van der Waals surface area contributed by atoms with E-state index in [1.165, 1.54) is 13.0 Å². The molecule has 0 aromatic carbocycles. The van der Waals surface area contributed by atoms with E-state index in [2.05, 4.69) is 34.4 Å². The average molecular weight is 451 g/mol. The van der Waals surface area contributed by atoms with E-state index in [1.807, 2.05) is 4.90 Å². The van der Waals surface area contributed by atoms with Crippen LogP contribution in [-0.4, -0.2) is 73.5 Å². The second-order valence-corrected chi connectivity index (χ2v) is 6.54. The van der Waals surface area contributed by atoms with Crippen molar-refractivity contribution in [1.29, 1.82) is 0 Å². The largest absolute Gasteiger partial charge is 0.357 e. The second kappa shape index (κ2) is 11.9. The minimum atomic E-state index is 0. The van der Waals surface area contributed by atoms with E-state index in [0.29, 0.717) is 6.04 Å². The molecule has 2 N–H and O–H groups in total. The van der Waals surface area contributed by atoms with Gasteiger partial charge < -0.3 is 20.4 Å². The summed E-state index contributed by atoms with van der Waals surface area (Å²) in [4.78, 5) is 21.1. The molecule has 0 aromatic heterocycles. The molecule has 2 heterocycles. The minimum Gasteiger partial charge on any atom is -0.357 e. The predicted molar refractivity (Wildman–Crippen MR) is 110 cm³/mol. The molecule has 6 nitrogen and oxygen atoms in total. The number of rotatable bonds is 6. The summed E-state index contributed by atoms with van der Waals surface area (Å²) in [6.45, 7) is 10.7. The summed E-state index contributed by atoms with van der Waals surface area (Å²) in [5.41, 5.74) is 0. The van der Waals surface area contributed by atoms with Gasteiger partial charge in [-0.05, 0) is 45.6 Å². The van der Waals surface area contributed by atoms with Crippen LogP contribution in [0.25, 0.3) is 0 Å². The smallest absolute Gasteiger partial charge is 0.244 e. The number of likely N-dealkylation sites (tertiary alicyclic amines) is 2. The summed E-state index contributed by atoms with van der Waals surface area (Å²) in [7, 11) is 0. The van der Waals surface area contributed by atoms with Crippen molar-refractivity contribution in [3.05, 3.63) is 0 Å². The van der Waals surface area contributed by atoms with E-state index < -0.39 is 0 Å². The highest BCUT2D eigenvalue weighted by Gasteiger charge is 2.20. The molecule has 0 bridgehead atoms.